The van der Waals surface area contributed by atoms with Crippen molar-refractivity contribution < 1.29 is 24.5 Å². The number of aliphatic hydroxyl groups is 2. The Labute approximate surface area is 122 Å². The molecular weight excluding hydrogens is 274 g/mol. The normalized spacial score (nSPS) is 27.8. The number of amides is 1. The summed E-state index contributed by atoms with van der Waals surface area (Å²) in [6, 6.07) is 5.43. The van der Waals surface area contributed by atoms with Crippen LogP contribution in [0.15, 0.2) is 18.2 Å². The third kappa shape index (κ3) is 2.82. The molecule has 21 heavy (non-hydrogen) atoms. The van der Waals surface area contributed by atoms with E-state index in [2.05, 4.69) is 0 Å². The summed E-state index contributed by atoms with van der Waals surface area (Å²) in [7, 11) is 0. The molecule has 1 fully saturated rings. The van der Waals surface area contributed by atoms with Crippen LogP contribution >= 0.6 is 0 Å². The molecule has 2 aliphatic rings. The topological polar surface area (TPSA) is 79.2 Å². The Morgan fingerprint density at radius 1 is 1.43 bits per heavy atom. The summed E-state index contributed by atoms with van der Waals surface area (Å²) in [6.45, 7) is 2.42. The van der Waals surface area contributed by atoms with E-state index in [1.807, 2.05) is 6.07 Å². The first-order valence-corrected chi connectivity index (χ1v) is 7.02. The minimum atomic E-state index is -1.12. The molecule has 1 amide bonds. The molecule has 6 heteroatoms. The molecule has 2 atom stereocenters. The molecule has 2 heterocycles. The van der Waals surface area contributed by atoms with Gasteiger partial charge in [-0.05, 0) is 31.0 Å². The number of likely N-dealkylation sites (tertiary alicyclic amines) is 1. The van der Waals surface area contributed by atoms with Gasteiger partial charge in [0.2, 0.25) is 12.7 Å². The Hall–Kier alpha value is -1.79. The number of piperidine rings is 1. The van der Waals surface area contributed by atoms with E-state index in [4.69, 9.17) is 9.47 Å². The first-order valence-electron chi connectivity index (χ1n) is 7.02. The zero-order valence-electron chi connectivity index (χ0n) is 11.9. The number of aliphatic hydroxyl groups excluding tert-OH is 1. The van der Waals surface area contributed by atoms with E-state index in [1.165, 1.54) is 0 Å². The molecule has 114 valence electrons. The van der Waals surface area contributed by atoms with Gasteiger partial charge in [-0.25, -0.2) is 0 Å². The Kier molecular flexibility index (Phi) is 3.51. The van der Waals surface area contributed by atoms with Gasteiger partial charge in [-0.15, -0.1) is 0 Å². The van der Waals surface area contributed by atoms with Crippen molar-refractivity contribution in [2.24, 2.45) is 0 Å². The van der Waals surface area contributed by atoms with Crippen LogP contribution in [0.2, 0.25) is 0 Å². The van der Waals surface area contributed by atoms with Crippen molar-refractivity contribution in [1.29, 1.82) is 0 Å². The van der Waals surface area contributed by atoms with Crippen LogP contribution in [0.5, 0.6) is 11.5 Å². The summed E-state index contributed by atoms with van der Waals surface area (Å²) in [5.74, 6) is 1.28. The molecule has 0 aliphatic carbocycles. The summed E-state index contributed by atoms with van der Waals surface area (Å²) in [5, 5.41) is 19.8. The number of carbonyl (C=O) groups is 1. The van der Waals surface area contributed by atoms with Crippen molar-refractivity contribution in [2.45, 2.75) is 31.5 Å². The number of ether oxygens (including phenoxy) is 2. The van der Waals surface area contributed by atoms with Crippen LogP contribution < -0.4 is 9.47 Å². The fourth-order valence-corrected chi connectivity index (χ4v) is 2.59. The second-order valence-corrected chi connectivity index (χ2v) is 5.83. The third-order valence-corrected chi connectivity index (χ3v) is 4.14. The average Bonchev–Trinajstić information content (AvgIpc) is 2.89. The number of nitrogens with zero attached hydrogens (tertiary/aromatic N) is 1. The number of fused-ring (bicyclic) bond motifs is 1. The molecule has 0 bridgehead atoms. The lowest BCUT2D eigenvalue weighted by Gasteiger charge is -2.40. The minimum Gasteiger partial charge on any atom is -0.454 e. The molecule has 2 aliphatic heterocycles. The van der Waals surface area contributed by atoms with E-state index in [-0.39, 0.29) is 25.7 Å². The van der Waals surface area contributed by atoms with E-state index in [9.17, 15) is 15.0 Å². The van der Waals surface area contributed by atoms with Gasteiger partial charge in [0.05, 0.1) is 18.1 Å². The molecule has 0 spiro atoms. The summed E-state index contributed by atoms with van der Waals surface area (Å²) < 4.78 is 10.5. The molecular formula is C15H19NO5. The Bertz CT molecular complexity index is 557. The lowest BCUT2D eigenvalue weighted by atomic mass is 9.90. The number of β-amino-alcohol motifs (C(OH)–C–C–N with tert-alkyl or cyclic N) is 1. The quantitative estimate of drug-likeness (QED) is 0.820. The maximum Gasteiger partial charge on any atom is 0.231 e. The first kappa shape index (κ1) is 14.2. The SMILES string of the molecule is C[C@@]1(O)CCN(C(=O)Cc2ccc3c(c2)OCO3)C[C@H]1O. The number of rotatable bonds is 2. The van der Waals surface area contributed by atoms with Gasteiger partial charge in [-0.2, -0.15) is 0 Å². The molecule has 0 radical (unpaired) electrons. The highest BCUT2D eigenvalue weighted by Crippen LogP contribution is 2.32. The third-order valence-electron chi connectivity index (χ3n) is 4.14. The van der Waals surface area contributed by atoms with Gasteiger partial charge in [0.25, 0.3) is 0 Å². The van der Waals surface area contributed by atoms with Crippen molar-refractivity contribution >= 4 is 5.91 Å². The van der Waals surface area contributed by atoms with Crippen LogP contribution in [0.4, 0.5) is 0 Å². The second kappa shape index (κ2) is 5.20. The molecule has 1 aromatic rings. The van der Waals surface area contributed by atoms with Gasteiger partial charge < -0.3 is 24.6 Å². The molecule has 1 saturated heterocycles. The first-order chi connectivity index (χ1) is 9.95. The minimum absolute atomic E-state index is 0.0663. The van der Waals surface area contributed by atoms with Crippen molar-refractivity contribution in [3.63, 3.8) is 0 Å². The summed E-state index contributed by atoms with van der Waals surface area (Å²) in [5.41, 5.74) is -0.272. The summed E-state index contributed by atoms with van der Waals surface area (Å²) in [6.07, 6.45) is -0.293. The molecule has 2 N–H and O–H groups in total. The van der Waals surface area contributed by atoms with Crippen LogP contribution in [-0.4, -0.2) is 52.6 Å². The van der Waals surface area contributed by atoms with E-state index in [0.29, 0.717) is 24.5 Å². The second-order valence-electron chi connectivity index (χ2n) is 5.83. The number of hydrogen-bond donors (Lipinski definition) is 2. The summed E-state index contributed by atoms with van der Waals surface area (Å²) >= 11 is 0. The summed E-state index contributed by atoms with van der Waals surface area (Å²) in [4.78, 5) is 13.9. The molecule has 0 aromatic heterocycles. The monoisotopic (exact) mass is 293 g/mol. The van der Waals surface area contributed by atoms with E-state index < -0.39 is 11.7 Å². The van der Waals surface area contributed by atoms with Crippen molar-refractivity contribution in [1.82, 2.24) is 4.90 Å². The largest absolute Gasteiger partial charge is 0.454 e. The van der Waals surface area contributed by atoms with E-state index >= 15 is 0 Å². The van der Waals surface area contributed by atoms with Crippen LogP contribution in [0.25, 0.3) is 0 Å². The fraction of sp³-hybridized carbons (Fsp3) is 0.533. The van der Waals surface area contributed by atoms with Gasteiger partial charge in [-0.3, -0.25) is 4.79 Å². The molecule has 0 unspecified atom stereocenters. The standard InChI is InChI=1S/C15H19NO5/c1-15(19)4-5-16(8-13(15)17)14(18)7-10-2-3-11-12(6-10)21-9-20-11/h2-3,6,13,17,19H,4-5,7-9H2,1H3/t13-,15-/m1/s1. The maximum absolute atomic E-state index is 12.3. The van der Waals surface area contributed by atoms with Gasteiger partial charge >= 0.3 is 0 Å². The lowest BCUT2D eigenvalue weighted by Crippen LogP contribution is -2.55. The number of hydrogen-bond acceptors (Lipinski definition) is 5. The van der Waals surface area contributed by atoms with Crippen LogP contribution in [0.1, 0.15) is 18.9 Å². The highest BCUT2D eigenvalue weighted by Gasteiger charge is 2.37. The van der Waals surface area contributed by atoms with Crippen molar-refractivity contribution in [2.75, 3.05) is 19.9 Å². The zero-order valence-corrected chi connectivity index (χ0v) is 11.9. The Balaban J connectivity index is 1.64. The zero-order chi connectivity index (χ0) is 15.0. The Morgan fingerprint density at radius 2 is 2.19 bits per heavy atom. The van der Waals surface area contributed by atoms with Crippen molar-refractivity contribution in [3.8, 4) is 11.5 Å². The number of benzene rings is 1. The van der Waals surface area contributed by atoms with Gasteiger partial charge in [0, 0.05) is 13.1 Å². The Morgan fingerprint density at radius 3 is 2.95 bits per heavy atom. The highest BCUT2D eigenvalue weighted by atomic mass is 16.7. The smallest absolute Gasteiger partial charge is 0.231 e. The predicted molar refractivity (Wildman–Crippen MR) is 74.1 cm³/mol. The average molecular weight is 293 g/mol. The van der Waals surface area contributed by atoms with Gasteiger partial charge in [0.1, 0.15) is 0 Å². The van der Waals surface area contributed by atoms with Gasteiger partial charge in [0.15, 0.2) is 11.5 Å². The van der Waals surface area contributed by atoms with Crippen LogP contribution in [-0.2, 0) is 11.2 Å². The molecule has 3 rings (SSSR count). The van der Waals surface area contributed by atoms with Gasteiger partial charge in [-0.1, -0.05) is 6.07 Å². The lowest BCUT2D eigenvalue weighted by molar-refractivity contribution is -0.145. The van der Waals surface area contributed by atoms with Crippen LogP contribution in [0.3, 0.4) is 0 Å². The molecule has 6 nitrogen and oxygen atoms in total. The van der Waals surface area contributed by atoms with E-state index in [0.717, 1.165) is 5.56 Å². The predicted octanol–water partition coefficient (Wildman–Crippen LogP) is 0.302. The molecule has 0 saturated carbocycles. The van der Waals surface area contributed by atoms with Crippen molar-refractivity contribution in [3.05, 3.63) is 23.8 Å². The fourth-order valence-electron chi connectivity index (χ4n) is 2.59. The number of carbonyl (C=O) groups excluding carboxylic acids is 1. The van der Waals surface area contributed by atoms with E-state index in [1.54, 1.807) is 24.0 Å². The maximum atomic E-state index is 12.3. The highest BCUT2D eigenvalue weighted by molar-refractivity contribution is 5.79. The van der Waals surface area contributed by atoms with Crippen LogP contribution in [0, 0.1) is 0 Å². The molecule has 1 aromatic carbocycles.